The van der Waals surface area contributed by atoms with Crippen molar-refractivity contribution in [2.75, 3.05) is 18.0 Å². The largest absolute Gasteiger partial charge is 0.392 e. The van der Waals surface area contributed by atoms with Crippen molar-refractivity contribution in [2.45, 2.75) is 26.4 Å². The van der Waals surface area contributed by atoms with Gasteiger partial charge in [-0.3, -0.25) is 9.78 Å². The fraction of sp³-hybridized carbons (Fsp3) is 0.700. The van der Waals surface area contributed by atoms with E-state index in [9.17, 15) is 14.7 Å². The lowest BCUT2D eigenvalue weighted by Crippen LogP contribution is -2.50. The van der Waals surface area contributed by atoms with Gasteiger partial charge in [-0.05, 0) is 6.42 Å². The summed E-state index contributed by atoms with van der Waals surface area (Å²) in [5.74, 6) is 0.199. The first kappa shape index (κ1) is 11.8. The van der Waals surface area contributed by atoms with E-state index in [1.165, 1.54) is 0 Å². The molecule has 0 saturated carbocycles. The number of aliphatic hydroxyl groups excluding tert-OH is 1. The standard InChI is InChI=1S/C10H16N4O3/c1-10(2)5-14(4-3-6(10)15)7-8(16)11-9(17)13-12-7/h6,15H,3-5H2,1-2H3,(H2,11,13,16,17). The molecule has 0 radical (unpaired) electrons. The fourth-order valence-electron chi connectivity index (χ4n) is 2.08. The SMILES string of the molecule is CC1(C)CN(c2n[nH]c(=O)[nH]c2=O)CCC1O. The van der Waals surface area contributed by atoms with Crippen LogP contribution in [0.4, 0.5) is 5.82 Å². The summed E-state index contributed by atoms with van der Waals surface area (Å²) in [5, 5.41) is 15.8. The van der Waals surface area contributed by atoms with Gasteiger partial charge in [0.25, 0.3) is 5.56 Å². The minimum Gasteiger partial charge on any atom is -0.392 e. The lowest BCUT2D eigenvalue weighted by atomic mass is 9.81. The summed E-state index contributed by atoms with van der Waals surface area (Å²) in [7, 11) is 0. The molecule has 2 heterocycles. The van der Waals surface area contributed by atoms with E-state index >= 15 is 0 Å². The van der Waals surface area contributed by atoms with Crippen molar-refractivity contribution < 1.29 is 5.11 Å². The fourth-order valence-corrected chi connectivity index (χ4v) is 2.08. The van der Waals surface area contributed by atoms with Crippen molar-refractivity contribution in [3.8, 4) is 0 Å². The highest BCUT2D eigenvalue weighted by Gasteiger charge is 2.35. The van der Waals surface area contributed by atoms with Crippen molar-refractivity contribution in [1.29, 1.82) is 0 Å². The van der Waals surface area contributed by atoms with E-state index in [-0.39, 0.29) is 17.3 Å². The molecule has 1 aliphatic rings. The van der Waals surface area contributed by atoms with Crippen LogP contribution in [0.15, 0.2) is 9.59 Å². The molecular formula is C10H16N4O3. The number of aromatic nitrogens is 3. The van der Waals surface area contributed by atoms with Gasteiger partial charge in [-0.15, -0.1) is 5.10 Å². The number of aromatic amines is 2. The van der Waals surface area contributed by atoms with Crippen molar-refractivity contribution in [2.24, 2.45) is 5.41 Å². The predicted molar refractivity (Wildman–Crippen MR) is 62.1 cm³/mol. The van der Waals surface area contributed by atoms with Gasteiger partial charge in [-0.25, -0.2) is 9.89 Å². The molecule has 0 aliphatic carbocycles. The average Bonchev–Trinajstić information content (AvgIpc) is 2.22. The number of hydrogen-bond donors (Lipinski definition) is 3. The van der Waals surface area contributed by atoms with Crippen LogP contribution < -0.4 is 16.1 Å². The number of nitrogens with zero attached hydrogens (tertiary/aromatic N) is 2. The average molecular weight is 240 g/mol. The summed E-state index contributed by atoms with van der Waals surface area (Å²) >= 11 is 0. The number of rotatable bonds is 1. The molecule has 1 fully saturated rings. The third kappa shape index (κ3) is 2.23. The number of anilines is 1. The van der Waals surface area contributed by atoms with E-state index in [1.54, 1.807) is 4.90 Å². The number of piperidine rings is 1. The van der Waals surface area contributed by atoms with Crippen molar-refractivity contribution in [3.05, 3.63) is 20.8 Å². The maximum Gasteiger partial charge on any atom is 0.342 e. The molecule has 0 spiro atoms. The molecule has 1 aliphatic heterocycles. The molecule has 1 aromatic rings. The second-order valence-corrected chi connectivity index (χ2v) is 5.05. The molecule has 1 aromatic heterocycles. The highest BCUT2D eigenvalue weighted by molar-refractivity contribution is 5.35. The van der Waals surface area contributed by atoms with Crippen LogP contribution in [0.25, 0.3) is 0 Å². The van der Waals surface area contributed by atoms with Gasteiger partial charge < -0.3 is 10.0 Å². The van der Waals surface area contributed by atoms with Crippen LogP contribution in [0.5, 0.6) is 0 Å². The summed E-state index contributed by atoms with van der Waals surface area (Å²) in [5.41, 5.74) is -1.42. The number of nitrogens with one attached hydrogen (secondary N) is 2. The summed E-state index contributed by atoms with van der Waals surface area (Å²) in [6.45, 7) is 4.94. The second-order valence-electron chi connectivity index (χ2n) is 5.05. The molecule has 0 amide bonds. The van der Waals surface area contributed by atoms with Crippen LogP contribution in [-0.2, 0) is 0 Å². The zero-order valence-corrected chi connectivity index (χ0v) is 9.86. The number of aliphatic hydroxyl groups is 1. The minimum absolute atomic E-state index is 0.199. The van der Waals surface area contributed by atoms with E-state index in [0.29, 0.717) is 19.5 Å². The zero-order valence-electron chi connectivity index (χ0n) is 9.86. The van der Waals surface area contributed by atoms with Gasteiger partial charge in [0.1, 0.15) is 0 Å². The highest BCUT2D eigenvalue weighted by atomic mass is 16.3. The first-order valence-corrected chi connectivity index (χ1v) is 5.52. The maximum absolute atomic E-state index is 11.6. The highest BCUT2D eigenvalue weighted by Crippen LogP contribution is 2.29. The van der Waals surface area contributed by atoms with Gasteiger partial charge in [0, 0.05) is 18.5 Å². The Morgan fingerprint density at radius 3 is 2.76 bits per heavy atom. The van der Waals surface area contributed by atoms with Crippen LogP contribution in [0.1, 0.15) is 20.3 Å². The molecule has 1 saturated heterocycles. The topological polar surface area (TPSA) is 102 Å². The Hall–Kier alpha value is -1.63. The van der Waals surface area contributed by atoms with Crippen LogP contribution in [0.3, 0.4) is 0 Å². The molecule has 2 rings (SSSR count). The maximum atomic E-state index is 11.6. The van der Waals surface area contributed by atoms with E-state index < -0.39 is 11.2 Å². The normalized spacial score (nSPS) is 23.7. The van der Waals surface area contributed by atoms with Crippen molar-refractivity contribution >= 4 is 5.82 Å². The Morgan fingerprint density at radius 2 is 2.18 bits per heavy atom. The first-order chi connectivity index (χ1) is 7.90. The van der Waals surface area contributed by atoms with Crippen LogP contribution in [0.2, 0.25) is 0 Å². The molecule has 94 valence electrons. The molecule has 1 unspecified atom stereocenters. The Labute approximate surface area is 97.5 Å². The van der Waals surface area contributed by atoms with Gasteiger partial charge in [0.15, 0.2) is 0 Å². The van der Waals surface area contributed by atoms with Gasteiger partial charge in [-0.2, -0.15) is 0 Å². The molecule has 7 heteroatoms. The van der Waals surface area contributed by atoms with Gasteiger partial charge in [-0.1, -0.05) is 13.8 Å². The second kappa shape index (κ2) is 3.99. The van der Waals surface area contributed by atoms with Gasteiger partial charge in [0.05, 0.1) is 6.10 Å². The number of hydrogen-bond acceptors (Lipinski definition) is 5. The summed E-state index contributed by atoms with van der Waals surface area (Å²) in [6, 6.07) is 0. The van der Waals surface area contributed by atoms with E-state index in [0.717, 1.165) is 0 Å². The Balaban J connectivity index is 2.30. The first-order valence-electron chi connectivity index (χ1n) is 5.52. The zero-order chi connectivity index (χ0) is 12.6. The van der Waals surface area contributed by atoms with Crippen molar-refractivity contribution in [3.63, 3.8) is 0 Å². The van der Waals surface area contributed by atoms with Gasteiger partial charge in [0.2, 0.25) is 5.82 Å². The monoisotopic (exact) mass is 240 g/mol. The van der Waals surface area contributed by atoms with Crippen LogP contribution >= 0.6 is 0 Å². The van der Waals surface area contributed by atoms with Crippen LogP contribution in [0, 0.1) is 5.41 Å². The summed E-state index contributed by atoms with van der Waals surface area (Å²) in [4.78, 5) is 26.4. The smallest absolute Gasteiger partial charge is 0.342 e. The van der Waals surface area contributed by atoms with E-state index in [1.807, 2.05) is 13.8 Å². The Bertz CT molecular complexity index is 519. The summed E-state index contributed by atoms with van der Waals surface area (Å²) < 4.78 is 0. The molecule has 17 heavy (non-hydrogen) atoms. The predicted octanol–water partition coefficient (Wildman–Crippen LogP) is -0.945. The molecule has 0 aromatic carbocycles. The number of H-pyrrole nitrogens is 2. The van der Waals surface area contributed by atoms with Gasteiger partial charge >= 0.3 is 5.69 Å². The molecule has 3 N–H and O–H groups in total. The third-order valence-corrected chi connectivity index (χ3v) is 3.17. The molecular weight excluding hydrogens is 224 g/mol. The summed E-state index contributed by atoms with van der Waals surface area (Å²) in [6.07, 6.45) is 0.188. The lowest BCUT2D eigenvalue weighted by molar-refractivity contribution is 0.0333. The van der Waals surface area contributed by atoms with Crippen molar-refractivity contribution in [1.82, 2.24) is 15.2 Å². The molecule has 7 nitrogen and oxygen atoms in total. The minimum atomic E-state index is -0.616. The Kier molecular flexibility index (Phi) is 2.78. The molecule has 0 bridgehead atoms. The van der Waals surface area contributed by atoms with E-state index in [2.05, 4.69) is 15.2 Å². The van der Waals surface area contributed by atoms with E-state index in [4.69, 9.17) is 0 Å². The Morgan fingerprint density at radius 1 is 1.47 bits per heavy atom. The van der Waals surface area contributed by atoms with Crippen LogP contribution in [-0.4, -0.2) is 39.5 Å². The lowest BCUT2D eigenvalue weighted by Gasteiger charge is -2.41. The molecule has 1 atom stereocenters. The quantitative estimate of drug-likeness (QED) is 0.587. The third-order valence-electron chi connectivity index (χ3n) is 3.17.